The van der Waals surface area contributed by atoms with E-state index in [9.17, 15) is 13.2 Å². The van der Waals surface area contributed by atoms with Crippen LogP contribution >= 0.6 is 0 Å². The first-order chi connectivity index (χ1) is 13.3. The van der Waals surface area contributed by atoms with Crippen molar-refractivity contribution in [3.8, 4) is 11.5 Å². The van der Waals surface area contributed by atoms with E-state index in [0.29, 0.717) is 31.3 Å². The Morgan fingerprint density at radius 2 is 1.93 bits per heavy atom. The minimum Gasteiger partial charge on any atom is -0.486 e. The van der Waals surface area contributed by atoms with Crippen LogP contribution in [0.2, 0.25) is 0 Å². The Kier molecular flexibility index (Phi) is 5.90. The predicted molar refractivity (Wildman–Crippen MR) is 99.7 cm³/mol. The molecule has 0 bridgehead atoms. The second-order valence-corrected chi connectivity index (χ2v) is 8.23. The Bertz CT molecular complexity index is 950. The van der Waals surface area contributed by atoms with Gasteiger partial charge in [0.2, 0.25) is 15.9 Å². The highest BCUT2D eigenvalue weighted by molar-refractivity contribution is 7.89. The van der Waals surface area contributed by atoms with Crippen molar-refractivity contribution in [2.45, 2.75) is 31.7 Å². The highest BCUT2D eigenvalue weighted by Crippen LogP contribution is 2.31. The summed E-state index contributed by atoms with van der Waals surface area (Å²) in [5.41, 5.74) is 1.18. The van der Waals surface area contributed by atoms with Crippen LogP contribution in [0.5, 0.6) is 11.5 Å². The Morgan fingerprint density at radius 1 is 1.21 bits per heavy atom. The van der Waals surface area contributed by atoms with Gasteiger partial charge in [0.15, 0.2) is 17.3 Å². The van der Waals surface area contributed by atoms with Crippen LogP contribution in [-0.4, -0.2) is 51.2 Å². The van der Waals surface area contributed by atoms with Crippen LogP contribution in [0.25, 0.3) is 0 Å². The summed E-state index contributed by atoms with van der Waals surface area (Å²) in [4.78, 5) is 13.9. The third-order valence-electron chi connectivity index (χ3n) is 4.32. The van der Waals surface area contributed by atoms with Gasteiger partial charge in [0.1, 0.15) is 23.8 Å². The number of nitrogens with zero attached hydrogens (tertiary/aromatic N) is 2. The fraction of sp³-hybridized carbons (Fsp3) is 0.444. The lowest BCUT2D eigenvalue weighted by Crippen LogP contribution is -2.32. The molecule has 0 saturated carbocycles. The number of nitrogens with one attached hydrogen (secondary N) is 1. The van der Waals surface area contributed by atoms with E-state index in [2.05, 4.69) is 9.88 Å². The fourth-order valence-electron chi connectivity index (χ4n) is 2.96. The van der Waals surface area contributed by atoms with E-state index in [0.717, 1.165) is 5.56 Å². The average Bonchev–Trinajstić information content (AvgIpc) is 3.00. The molecule has 10 heteroatoms. The zero-order valence-corrected chi connectivity index (χ0v) is 16.8. The Morgan fingerprint density at radius 3 is 2.61 bits per heavy atom. The number of rotatable bonds is 7. The molecule has 2 heterocycles. The molecule has 0 radical (unpaired) electrons. The molecule has 2 aromatic rings. The van der Waals surface area contributed by atoms with Crippen molar-refractivity contribution in [3.63, 3.8) is 0 Å². The number of carbonyl (C=O) groups is 1. The van der Waals surface area contributed by atoms with Crippen molar-refractivity contribution in [1.82, 2.24) is 14.8 Å². The number of fused-ring (bicyclic) bond motifs is 1. The maximum absolute atomic E-state index is 12.4. The summed E-state index contributed by atoms with van der Waals surface area (Å²) >= 11 is 0. The largest absolute Gasteiger partial charge is 0.486 e. The van der Waals surface area contributed by atoms with E-state index in [1.165, 1.54) is 11.8 Å². The van der Waals surface area contributed by atoms with Crippen molar-refractivity contribution in [2.75, 3.05) is 26.8 Å². The number of sulfonamides is 1. The van der Waals surface area contributed by atoms with Gasteiger partial charge in [-0.15, -0.1) is 0 Å². The lowest BCUT2D eigenvalue weighted by molar-refractivity contribution is -0.130. The van der Waals surface area contributed by atoms with Crippen LogP contribution in [0.3, 0.4) is 0 Å². The van der Waals surface area contributed by atoms with Crippen molar-refractivity contribution in [2.24, 2.45) is 0 Å². The minimum atomic E-state index is -3.78. The predicted octanol–water partition coefficient (Wildman–Crippen LogP) is 1.39. The number of amides is 1. The number of hydrogen-bond acceptors (Lipinski definition) is 7. The molecule has 0 atom stereocenters. The first-order valence-corrected chi connectivity index (χ1v) is 10.3. The molecule has 152 valence electrons. The SMILES string of the molecule is Cc1noc(C)c1S(=O)(=O)NCCC(=O)N(C)Cc1ccc2c(c1)OCCO2. The summed E-state index contributed by atoms with van der Waals surface area (Å²) in [7, 11) is -2.11. The first-order valence-electron chi connectivity index (χ1n) is 8.83. The summed E-state index contributed by atoms with van der Waals surface area (Å²) < 4.78 is 43.0. The maximum Gasteiger partial charge on any atom is 0.245 e. The Labute approximate surface area is 163 Å². The summed E-state index contributed by atoms with van der Waals surface area (Å²) in [6.45, 7) is 4.46. The molecule has 1 N–H and O–H groups in total. The van der Waals surface area contributed by atoms with Gasteiger partial charge in [-0.3, -0.25) is 4.79 Å². The normalized spacial score (nSPS) is 13.4. The molecular weight excluding hydrogens is 386 g/mol. The van der Waals surface area contributed by atoms with Gasteiger partial charge >= 0.3 is 0 Å². The summed E-state index contributed by atoms with van der Waals surface area (Å²) in [6.07, 6.45) is 0.0314. The molecular formula is C18H23N3O6S. The topological polar surface area (TPSA) is 111 Å². The molecule has 0 saturated heterocycles. The van der Waals surface area contributed by atoms with Gasteiger partial charge in [0.25, 0.3) is 0 Å². The standard InChI is InChI=1S/C18H23N3O6S/c1-12-18(13(2)27-20-12)28(23,24)19-7-6-17(22)21(3)11-14-4-5-15-16(10-14)26-9-8-25-15/h4-5,10,19H,6-9,11H2,1-3H3. The highest BCUT2D eigenvalue weighted by atomic mass is 32.2. The summed E-state index contributed by atoms with van der Waals surface area (Å²) in [6, 6.07) is 5.54. The number of hydrogen-bond donors (Lipinski definition) is 1. The van der Waals surface area contributed by atoms with E-state index in [1.807, 2.05) is 18.2 Å². The number of aromatic nitrogens is 1. The molecule has 0 unspecified atom stereocenters. The van der Waals surface area contributed by atoms with Crippen LogP contribution in [0.15, 0.2) is 27.6 Å². The second kappa shape index (κ2) is 8.19. The third kappa shape index (κ3) is 4.45. The zero-order chi connectivity index (χ0) is 20.3. The van der Waals surface area contributed by atoms with E-state index < -0.39 is 10.0 Å². The number of aryl methyl sites for hydroxylation is 2. The molecule has 1 aliphatic heterocycles. The smallest absolute Gasteiger partial charge is 0.245 e. The van der Waals surface area contributed by atoms with E-state index in [1.54, 1.807) is 14.0 Å². The van der Waals surface area contributed by atoms with Crippen molar-refractivity contribution < 1.29 is 27.2 Å². The van der Waals surface area contributed by atoms with Gasteiger partial charge in [-0.2, -0.15) is 0 Å². The van der Waals surface area contributed by atoms with Crippen LogP contribution < -0.4 is 14.2 Å². The Hall–Kier alpha value is -2.59. The lowest BCUT2D eigenvalue weighted by atomic mass is 10.2. The van der Waals surface area contributed by atoms with Gasteiger partial charge < -0.3 is 18.9 Å². The third-order valence-corrected chi connectivity index (χ3v) is 6.02. The van der Waals surface area contributed by atoms with Crippen LogP contribution in [0.1, 0.15) is 23.4 Å². The summed E-state index contributed by atoms with van der Waals surface area (Å²) in [5.74, 6) is 1.39. The lowest BCUT2D eigenvalue weighted by Gasteiger charge is -2.21. The van der Waals surface area contributed by atoms with Crippen LogP contribution in [0.4, 0.5) is 0 Å². The first kappa shape index (κ1) is 20.2. The molecule has 0 spiro atoms. The van der Waals surface area contributed by atoms with E-state index in [-0.39, 0.29) is 35.2 Å². The fourth-order valence-corrected chi connectivity index (χ4v) is 4.32. The molecule has 1 aromatic carbocycles. The van der Waals surface area contributed by atoms with Crippen molar-refractivity contribution >= 4 is 15.9 Å². The van der Waals surface area contributed by atoms with E-state index >= 15 is 0 Å². The van der Waals surface area contributed by atoms with Gasteiger partial charge in [0, 0.05) is 26.6 Å². The van der Waals surface area contributed by atoms with Crippen molar-refractivity contribution in [3.05, 3.63) is 35.2 Å². The van der Waals surface area contributed by atoms with Gasteiger partial charge in [-0.25, -0.2) is 13.1 Å². The molecule has 0 aliphatic carbocycles. The number of benzene rings is 1. The molecule has 9 nitrogen and oxygen atoms in total. The maximum atomic E-state index is 12.4. The molecule has 28 heavy (non-hydrogen) atoms. The quantitative estimate of drug-likeness (QED) is 0.736. The number of carbonyl (C=O) groups excluding carboxylic acids is 1. The van der Waals surface area contributed by atoms with E-state index in [4.69, 9.17) is 14.0 Å². The highest BCUT2D eigenvalue weighted by Gasteiger charge is 2.24. The molecule has 1 aromatic heterocycles. The zero-order valence-electron chi connectivity index (χ0n) is 16.0. The van der Waals surface area contributed by atoms with Crippen LogP contribution in [-0.2, 0) is 21.4 Å². The summed E-state index contributed by atoms with van der Waals surface area (Å²) in [5, 5.41) is 3.64. The molecule has 1 aliphatic rings. The molecule has 3 rings (SSSR count). The second-order valence-electron chi connectivity index (χ2n) is 6.53. The van der Waals surface area contributed by atoms with Gasteiger partial charge in [-0.05, 0) is 31.5 Å². The molecule has 1 amide bonds. The number of ether oxygens (including phenoxy) is 2. The van der Waals surface area contributed by atoms with Gasteiger partial charge in [-0.1, -0.05) is 11.2 Å². The minimum absolute atomic E-state index is 0.0172. The van der Waals surface area contributed by atoms with Crippen molar-refractivity contribution in [1.29, 1.82) is 0 Å². The Balaban J connectivity index is 1.53. The van der Waals surface area contributed by atoms with Crippen LogP contribution in [0, 0.1) is 13.8 Å². The average molecular weight is 409 g/mol. The monoisotopic (exact) mass is 409 g/mol. The molecule has 0 fully saturated rings. The van der Waals surface area contributed by atoms with Gasteiger partial charge in [0.05, 0.1) is 0 Å².